The summed E-state index contributed by atoms with van der Waals surface area (Å²) in [7, 11) is 1.91. The fourth-order valence-electron chi connectivity index (χ4n) is 3.02. The van der Waals surface area contributed by atoms with Gasteiger partial charge in [0, 0.05) is 38.8 Å². The number of aromatic nitrogens is 2. The van der Waals surface area contributed by atoms with Gasteiger partial charge in [0.15, 0.2) is 0 Å². The van der Waals surface area contributed by atoms with Crippen LogP contribution in [0.2, 0.25) is 0 Å². The van der Waals surface area contributed by atoms with Gasteiger partial charge >= 0.3 is 5.97 Å². The van der Waals surface area contributed by atoms with Crippen LogP contribution in [0.3, 0.4) is 0 Å². The minimum Gasteiger partial charge on any atom is -0.481 e. The van der Waals surface area contributed by atoms with Crippen LogP contribution in [-0.4, -0.2) is 33.1 Å². The number of hydrogen-bond donors (Lipinski definition) is 2. The molecule has 1 aliphatic rings. The van der Waals surface area contributed by atoms with E-state index < -0.39 is 11.4 Å². The molecule has 116 valence electrons. The third-order valence-corrected chi connectivity index (χ3v) is 4.36. The summed E-state index contributed by atoms with van der Waals surface area (Å²) in [5.74, 6) is -0.101. The number of imidazole rings is 1. The Labute approximate surface area is 124 Å². The van der Waals surface area contributed by atoms with Crippen molar-refractivity contribution in [3.8, 4) is 0 Å². The number of aliphatic carboxylic acids is 1. The Balaban J connectivity index is 1.82. The number of aryl methyl sites for hydroxylation is 1. The Morgan fingerprint density at radius 1 is 1.38 bits per heavy atom. The van der Waals surface area contributed by atoms with E-state index in [9.17, 15) is 14.7 Å². The van der Waals surface area contributed by atoms with Crippen molar-refractivity contribution >= 4 is 11.9 Å². The molecule has 1 aliphatic carbocycles. The molecule has 1 heterocycles. The van der Waals surface area contributed by atoms with Gasteiger partial charge in [0.1, 0.15) is 5.82 Å². The molecule has 0 aliphatic heterocycles. The molecule has 0 radical (unpaired) electrons. The predicted octanol–water partition coefficient (Wildman–Crippen LogP) is 1.50. The number of rotatable bonds is 6. The monoisotopic (exact) mass is 293 g/mol. The van der Waals surface area contributed by atoms with Crippen molar-refractivity contribution in [3.63, 3.8) is 0 Å². The second kappa shape index (κ2) is 6.74. The average Bonchev–Trinajstić information content (AvgIpc) is 2.85. The Morgan fingerprint density at radius 3 is 2.67 bits per heavy atom. The minimum absolute atomic E-state index is 0.0862. The summed E-state index contributed by atoms with van der Waals surface area (Å²) in [5.41, 5.74) is -0.856. The molecule has 21 heavy (non-hydrogen) atoms. The quantitative estimate of drug-likeness (QED) is 0.832. The molecule has 1 amide bonds. The van der Waals surface area contributed by atoms with Crippen LogP contribution >= 0.6 is 0 Å². The average molecular weight is 293 g/mol. The Bertz CT molecular complexity index is 504. The van der Waals surface area contributed by atoms with E-state index in [0.717, 1.165) is 25.1 Å². The molecule has 0 aromatic carbocycles. The molecule has 6 nitrogen and oxygen atoms in total. The second-order valence-electron chi connectivity index (χ2n) is 5.88. The van der Waals surface area contributed by atoms with Crippen LogP contribution in [0.5, 0.6) is 0 Å². The van der Waals surface area contributed by atoms with Crippen molar-refractivity contribution < 1.29 is 14.7 Å². The number of carbonyl (C=O) groups excluding carboxylic acids is 1. The Hall–Kier alpha value is -1.85. The van der Waals surface area contributed by atoms with Crippen LogP contribution < -0.4 is 5.32 Å². The van der Waals surface area contributed by atoms with Crippen molar-refractivity contribution in [1.82, 2.24) is 14.9 Å². The Kier molecular flexibility index (Phi) is 4.98. The number of amides is 1. The Morgan fingerprint density at radius 2 is 2.10 bits per heavy atom. The first kappa shape index (κ1) is 15.5. The van der Waals surface area contributed by atoms with Crippen molar-refractivity contribution in [2.24, 2.45) is 12.5 Å². The standard InChI is InChI=1S/C15H23N3O3/c1-18-10-9-16-12(18)5-8-17-13(19)11-15(14(20)21)6-3-2-4-7-15/h9-10H,2-8,11H2,1H3,(H,17,19)(H,20,21). The molecule has 1 fully saturated rings. The summed E-state index contributed by atoms with van der Waals surface area (Å²) in [6.07, 6.45) is 8.38. The fraction of sp³-hybridized carbons (Fsp3) is 0.667. The number of nitrogens with zero attached hydrogens (tertiary/aromatic N) is 2. The molecule has 0 unspecified atom stereocenters. The van der Waals surface area contributed by atoms with Gasteiger partial charge in [-0.3, -0.25) is 9.59 Å². The lowest BCUT2D eigenvalue weighted by molar-refractivity contribution is -0.154. The van der Waals surface area contributed by atoms with Crippen molar-refractivity contribution in [1.29, 1.82) is 0 Å². The summed E-state index contributed by atoms with van der Waals surface area (Å²) in [5, 5.41) is 12.3. The van der Waals surface area contributed by atoms with Gasteiger partial charge in [-0.2, -0.15) is 0 Å². The minimum atomic E-state index is -0.856. The van der Waals surface area contributed by atoms with E-state index in [1.807, 2.05) is 17.8 Å². The van der Waals surface area contributed by atoms with Crippen LogP contribution in [0.1, 0.15) is 44.3 Å². The van der Waals surface area contributed by atoms with E-state index in [2.05, 4.69) is 10.3 Å². The van der Waals surface area contributed by atoms with E-state index in [1.54, 1.807) is 6.20 Å². The molecule has 2 N–H and O–H groups in total. The van der Waals surface area contributed by atoms with E-state index in [0.29, 0.717) is 25.8 Å². The maximum Gasteiger partial charge on any atom is 0.310 e. The number of nitrogens with one attached hydrogen (secondary N) is 1. The van der Waals surface area contributed by atoms with Crippen molar-refractivity contribution in [3.05, 3.63) is 18.2 Å². The molecule has 0 saturated heterocycles. The van der Waals surface area contributed by atoms with Gasteiger partial charge in [0.25, 0.3) is 0 Å². The van der Waals surface area contributed by atoms with Gasteiger partial charge < -0.3 is 15.0 Å². The lowest BCUT2D eigenvalue weighted by atomic mass is 9.71. The largest absolute Gasteiger partial charge is 0.481 e. The highest BCUT2D eigenvalue weighted by Gasteiger charge is 2.41. The van der Waals surface area contributed by atoms with Crippen molar-refractivity contribution in [2.75, 3.05) is 6.54 Å². The molecule has 0 spiro atoms. The predicted molar refractivity (Wildman–Crippen MR) is 77.7 cm³/mol. The van der Waals surface area contributed by atoms with E-state index in [4.69, 9.17) is 0 Å². The van der Waals surface area contributed by atoms with Gasteiger partial charge in [-0.05, 0) is 12.8 Å². The summed E-state index contributed by atoms with van der Waals surface area (Å²) < 4.78 is 1.91. The first-order chi connectivity index (χ1) is 10.0. The lowest BCUT2D eigenvalue weighted by Crippen LogP contribution is -2.39. The van der Waals surface area contributed by atoms with Crippen molar-refractivity contribution in [2.45, 2.75) is 44.9 Å². The first-order valence-corrected chi connectivity index (χ1v) is 7.50. The summed E-state index contributed by atoms with van der Waals surface area (Å²) in [6, 6.07) is 0. The zero-order chi connectivity index (χ0) is 15.3. The lowest BCUT2D eigenvalue weighted by Gasteiger charge is -2.32. The SMILES string of the molecule is Cn1ccnc1CCNC(=O)CC1(C(=O)O)CCCCC1. The molecule has 1 saturated carbocycles. The van der Waals surface area contributed by atoms with Gasteiger partial charge in [0.2, 0.25) is 5.91 Å². The highest BCUT2D eigenvalue weighted by Crippen LogP contribution is 2.39. The van der Waals surface area contributed by atoms with Crippen LogP contribution in [0, 0.1) is 5.41 Å². The maximum atomic E-state index is 12.0. The third kappa shape index (κ3) is 3.83. The second-order valence-corrected chi connectivity index (χ2v) is 5.88. The fourth-order valence-corrected chi connectivity index (χ4v) is 3.02. The van der Waals surface area contributed by atoms with E-state index in [1.165, 1.54) is 0 Å². The van der Waals surface area contributed by atoms with Crippen LogP contribution in [0.4, 0.5) is 0 Å². The number of hydrogen-bond acceptors (Lipinski definition) is 3. The smallest absolute Gasteiger partial charge is 0.310 e. The van der Waals surface area contributed by atoms with Crippen LogP contribution in [-0.2, 0) is 23.1 Å². The van der Waals surface area contributed by atoms with Gasteiger partial charge in [0.05, 0.1) is 5.41 Å². The van der Waals surface area contributed by atoms with Gasteiger partial charge in [-0.15, -0.1) is 0 Å². The zero-order valence-corrected chi connectivity index (χ0v) is 12.5. The van der Waals surface area contributed by atoms with Crippen LogP contribution in [0.15, 0.2) is 12.4 Å². The molecule has 0 bridgehead atoms. The molecular formula is C15H23N3O3. The summed E-state index contributed by atoms with van der Waals surface area (Å²) in [4.78, 5) is 27.7. The highest BCUT2D eigenvalue weighted by molar-refractivity contribution is 5.85. The normalized spacial score (nSPS) is 17.4. The van der Waals surface area contributed by atoms with E-state index >= 15 is 0 Å². The molecule has 2 rings (SSSR count). The highest BCUT2D eigenvalue weighted by atomic mass is 16.4. The molecule has 6 heteroatoms. The first-order valence-electron chi connectivity index (χ1n) is 7.50. The topological polar surface area (TPSA) is 84.2 Å². The summed E-state index contributed by atoms with van der Waals surface area (Å²) in [6.45, 7) is 0.486. The summed E-state index contributed by atoms with van der Waals surface area (Å²) >= 11 is 0. The number of carbonyl (C=O) groups is 2. The van der Waals surface area contributed by atoms with Crippen LogP contribution in [0.25, 0.3) is 0 Å². The van der Waals surface area contributed by atoms with Gasteiger partial charge in [-0.1, -0.05) is 19.3 Å². The molecular weight excluding hydrogens is 270 g/mol. The van der Waals surface area contributed by atoms with Gasteiger partial charge in [-0.25, -0.2) is 4.98 Å². The third-order valence-electron chi connectivity index (χ3n) is 4.36. The maximum absolute atomic E-state index is 12.0. The zero-order valence-electron chi connectivity index (χ0n) is 12.5. The molecule has 0 atom stereocenters. The molecule has 1 aromatic heterocycles. The number of carboxylic acid groups (broad SMARTS) is 1. The molecule has 1 aromatic rings. The number of carboxylic acids is 1. The van der Waals surface area contributed by atoms with E-state index in [-0.39, 0.29) is 12.3 Å².